The second-order valence-corrected chi connectivity index (χ2v) is 10.5. The van der Waals surface area contributed by atoms with Crippen LogP contribution in [0.4, 0.5) is 10.1 Å². The van der Waals surface area contributed by atoms with Crippen molar-refractivity contribution in [3.8, 4) is 0 Å². The first-order valence-electron chi connectivity index (χ1n) is 10.7. The Hall–Kier alpha value is -2.78. The molecule has 9 heteroatoms. The summed E-state index contributed by atoms with van der Waals surface area (Å²) < 4.78 is 46.0. The average Bonchev–Trinajstić information content (AvgIpc) is 2.74. The van der Waals surface area contributed by atoms with Gasteiger partial charge in [-0.05, 0) is 48.2 Å². The number of carbonyl (C=O) groups is 2. The van der Waals surface area contributed by atoms with Gasteiger partial charge in [0.1, 0.15) is 5.82 Å². The molecule has 2 aromatic carbocycles. The Kier molecular flexibility index (Phi) is 8.37. The molecule has 0 heterocycles. The topological polar surface area (TPSA) is 92.8 Å². The Morgan fingerprint density at radius 3 is 2.15 bits per heavy atom. The maximum atomic E-state index is 14.3. The molecule has 0 aliphatic carbocycles. The van der Waals surface area contributed by atoms with Crippen molar-refractivity contribution in [2.24, 2.45) is 0 Å². The van der Waals surface area contributed by atoms with Crippen LogP contribution in [0.3, 0.4) is 0 Å². The average molecular weight is 479 g/mol. The molecule has 0 fully saturated rings. The van der Waals surface area contributed by atoms with E-state index in [-0.39, 0.29) is 23.4 Å². The van der Waals surface area contributed by atoms with Gasteiger partial charge in [-0.15, -0.1) is 0 Å². The number of hydrogen-bond acceptors (Lipinski definition) is 5. The summed E-state index contributed by atoms with van der Waals surface area (Å²) in [7, 11) is -3.89. The van der Waals surface area contributed by atoms with E-state index in [0.717, 1.165) is 23.8 Å². The van der Waals surface area contributed by atoms with Crippen LogP contribution in [0.1, 0.15) is 57.5 Å². The molecular weight excluding hydrogens is 447 g/mol. The lowest BCUT2D eigenvalue weighted by molar-refractivity contribution is -0.123. The van der Waals surface area contributed by atoms with Gasteiger partial charge in [0.25, 0.3) is 5.91 Å². The SMILES string of the molecule is CCN(CC)S(=O)(=O)c1ccc(F)c(C(=O)OC(C)C(=O)Nc2ccc(C(C)(C)C)cc2)c1. The Balaban J connectivity index is 2.15. The minimum absolute atomic E-state index is 0.0389. The molecule has 2 aromatic rings. The van der Waals surface area contributed by atoms with Gasteiger partial charge < -0.3 is 10.1 Å². The van der Waals surface area contributed by atoms with Gasteiger partial charge >= 0.3 is 5.97 Å². The summed E-state index contributed by atoms with van der Waals surface area (Å²) in [6.07, 6.45) is -1.23. The van der Waals surface area contributed by atoms with E-state index in [0.29, 0.717) is 5.69 Å². The summed E-state index contributed by atoms with van der Waals surface area (Å²) in [6.45, 7) is 11.4. The van der Waals surface area contributed by atoms with E-state index in [9.17, 15) is 22.4 Å². The number of rotatable bonds is 8. The highest BCUT2D eigenvalue weighted by molar-refractivity contribution is 7.89. The van der Waals surface area contributed by atoms with E-state index in [4.69, 9.17) is 4.74 Å². The summed E-state index contributed by atoms with van der Waals surface area (Å²) in [5.41, 5.74) is 1.02. The number of sulfonamides is 1. The molecule has 1 amide bonds. The predicted octanol–water partition coefficient (Wildman–Crippen LogP) is 4.34. The van der Waals surface area contributed by atoms with Crippen LogP contribution in [0.25, 0.3) is 0 Å². The number of nitrogens with one attached hydrogen (secondary N) is 1. The van der Waals surface area contributed by atoms with Gasteiger partial charge in [-0.25, -0.2) is 17.6 Å². The van der Waals surface area contributed by atoms with Crippen LogP contribution in [0.5, 0.6) is 0 Å². The first kappa shape index (κ1) is 26.5. The molecule has 0 radical (unpaired) electrons. The lowest BCUT2D eigenvalue weighted by Crippen LogP contribution is -2.31. The summed E-state index contributed by atoms with van der Waals surface area (Å²) in [5, 5.41) is 2.65. The molecule has 2 rings (SSSR count). The smallest absolute Gasteiger partial charge is 0.341 e. The van der Waals surface area contributed by atoms with Crippen molar-refractivity contribution in [1.82, 2.24) is 4.31 Å². The summed E-state index contributed by atoms with van der Waals surface area (Å²) >= 11 is 0. The minimum atomic E-state index is -3.89. The monoisotopic (exact) mass is 478 g/mol. The minimum Gasteiger partial charge on any atom is -0.449 e. The van der Waals surface area contributed by atoms with Crippen molar-refractivity contribution >= 4 is 27.6 Å². The van der Waals surface area contributed by atoms with Crippen LogP contribution < -0.4 is 5.32 Å². The highest BCUT2D eigenvalue weighted by atomic mass is 32.2. The number of nitrogens with zero attached hydrogens (tertiary/aromatic N) is 1. The maximum absolute atomic E-state index is 14.3. The number of amides is 1. The van der Waals surface area contributed by atoms with Crippen LogP contribution in [-0.4, -0.2) is 43.8 Å². The van der Waals surface area contributed by atoms with Crippen molar-refractivity contribution in [1.29, 1.82) is 0 Å². The zero-order valence-electron chi connectivity index (χ0n) is 19.8. The van der Waals surface area contributed by atoms with E-state index in [1.54, 1.807) is 26.0 Å². The van der Waals surface area contributed by atoms with E-state index < -0.39 is 39.4 Å². The van der Waals surface area contributed by atoms with Crippen LogP contribution in [-0.2, 0) is 25.0 Å². The van der Waals surface area contributed by atoms with Crippen molar-refractivity contribution in [3.63, 3.8) is 0 Å². The van der Waals surface area contributed by atoms with Gasteiger partial charge in [-0.2, -0.15) is 4.31 Å². The van der Waals surface area contributed by atoms with Crippen LogP contribution >= 0.6 is 0 Å². The first-order valence-corrected chi connectivity index (χ1v) is 12.2. The molecular formula is C24H31FN2O5S. The van der Waals surface area contributed by atoms with Gasteiger partial charge in [0.2, 0.25) is 10.0 Å². The van der Waals surface area contributed by atoms with Crippen molar-refractivity contribution in [3.05, 3.63) is 59.4 Å². The molecule has 1 unspecified atom stereocenters. The second-order valence-electron chi connectivity index (χ2n) is 8.60. The quantitative estimate of drug-likeness (QED) is 0.570. The molecule has 0 spiro atoms. The molecule has 0 bridgehead atoms. The third kappa shape index (κ3) is 6.39. The molecule has 7 nitrogen and oxygen atoms in total. The summed E-state index contributed by atoms with van der Waals surface area (Å²) in [4.78, 5) is 24.8. The number of benzene rings is 2. The van der Waals surface area contributed by atoms with Gasteiger partial charge in [-0.1, -0.05) is 46.8 Å². The van der Waals surface area contributed by atoms with E-state index in [1.165, 1.54) is 11.2 Å². The molecule has 33 heavy (non-hydrogen) atoms. The molecule has 0 aliphatic rings. The highest BCUT2D eigenvalue weighted by Gasteiger charge is 2.26. The van der Waals surface area contributed by atoms with Gasteiger partial charge in [0, 0.05) is 18.8 Å². The Morgan fingerprint density at radius 2 is 1.64 bits per heavy atom. The lowest BCUT2D eigenvalue weighted by Gasteiger charge is -2.20. The molecule has 0 aliphatic heterocycles. The molecule has 0 saturated carbocycles. The van der Waals surface area contributed by atoms with Crippen molar-refractivity contribution < 1.29 is 27.1 Å². The van der Waals surface area contributed by atoms with Crippen LogP contribution in [0.2, 0.25) is 0 Å². The maximum Gasteiger partial charge on any atom is 0.341 e. The fourth-order valence-corrected chi connectivity index (χ4v) is 4.59. The highest BCUT2D eigenvalue weighted by Crippen LogP contribution is 2.24. The lowest BCUT2D eigenvalue weighted by atomic mass is 9.87. The molecule has 180 valence electrons. The van der Waals surface area contributed by atoms with Gasteiger partial charge in [0.05, 0.1) is 10.5 Å². The van der Waals surface area contributed by atoms with Gasteiger partial charge in [0.15, 0.2) is 6.10 Å². The largest absolute Gasteiger partial charge is 0.449 e. The zero-order chi connectivity index (χ0) is 25.0. The summed E-state index contributed by atoms with van der Waals surface area (Å²) in [5.74, 6) is -2.67. The van der Waals surface area contributed by atoms with Crippen molar-refractivity contribution in [2.45, 2.75) is 58.0 Å². The number of ether oxygens (including phenoxy) is 1. The van der Waals surface area contributed by atoms with E-state index in [1.807, 2.05) is 12.1 Å². The fourth-order valence-electron chi connectivity index (χ4n) is 3.11. The summed E-state index contributed by atoms with van der Waals surface area (Å²) in [6, 6.07) is 10.2. The third-order valence-corrected chi connectivity index (χ3v) is 7.22. The Labute approximate surface area is 195 Å². The number of esters is 1. The molecule has 0 saturated heterocycles. The molecule has 1 atom stereocenters. The Morgan fingerprint density at radius 1 is 1.06 bits per heavy atom. The number of carbonyl (C=O) groups excluding carboxylic acids is 2. The number of anilines is 1. The normalized spacial score (nSPS) is 13.0. The third-order valence-electron chi connectivity index (χ3n) is 5.17. The number of halogens is 1. The Bertz CT molecular complexity index is 1100. The van der Waals surface area contributed by atoms with Crippen LogP contribution in [0, 0.1) is 5.82 Å². The standard InChI is InChI=1S/C24H31FN2O5S/c1-7-27(8-2)33(30,31)19-13-14-21(25)20(15-19)23(29)32-16(3)22(28)26-18-11-9-17(10-12-18)24(4,5)6/h9-16H,7-8H2,1-6H3,(H,26,28). The second kappa shape index (κ2) is 10.4. The number of hydrogen-bond donors (Lipinski definition) is 1. The predicted molar refractivity (Wildman–Crippen MR) is 125 cm³/mol. The molecule has 0 aromatic heterocycles. The van der Waals surface area contributed by atoms with Crippen LogP contribution in [0.15, 0.2) is 47.4 Å². The fraction of sp³-hybridized carbons (Fsp3) is 0.417. The molecule has 1 N–H and O–H groups in total. The van der Waals surface area contributed by atoms with E-state index >= 15 is 0 Å². The van der Waals surface area contributed by atoms with Gasteiger partial charge in [-0.3, -0.25) is 4.79 Å². The van der Waals surface area contributed by atoms with Crippen molar-refractivity contribution in [2.75, 3.05) is 18.4 Å². The first-order chi connectivity index (χ1) is 15.3. The van der Waals surface area contributed by atoms with E-state index in [2.05, 4.69) is 26.1 Å². The zero-order valence-corrected chi connectivity index (χ0v) is 20.6.